The Kier molecular flexibility index (Phi) is 2.18. The van der Waals surface area contributed by atoms with Crippen LogP contribution in [-0.4, -0.2) is 35.1 Å². The number of nitrogens with zero attached hydrogens (tertiary/aromatic N) is 2. The van der Waals surface area contributed by atoms with Gasteiger partial charge < -0.3 is 5.73 Å². The summed E-state index contributed by atoms with van der Waals surface area (Å²) in [4.78, 5) is 4.00. The molecule has 1 fully saturated rings. The molecule has 7 heteroatoms. The van der Waals surface area contributed by atoms with E-state index in [1.165, 1.54) is 0 Å². The number of hydrogen-bond acceptors (Lipinski definition) is 5. The Bertz CT molecular complexity index is 411. The minimum atomic E-state index is -2.81. The van der Waals surface area contributed by atoms with Crippen LogP contribution in [0.2, 0.25) is 0 Å². The first-order valence-electron chi connectivity index (χ1n) is 4.45. The summed E-state index contributed by atoms with van der Waals surface area (Å²) >= 11 is 0. The van der Waals surface area contributed by atoms with Gasteiger partial charge in [-0.25, -0.2) is 8.42 Å². The number of hydrogen-bond donors (Lipinski definition) is 2. The molecule has 0 aromatic carbocycles. The van der Waals surface area contributed by atoms with Crippen molar-refractivity contribution in [3.8, 4) is 0 Å². The fourth-order valence-corrected chi connectivity index (χ4v) is 3.13. The Morgan fingerprint density at radius 1 is 1.36 bits per heavy atom. The molecular weight excluding hydrogens is 204 g/mol. The monoisotopic (exact) mass is 216 g/mol. The van der Waals surface area contributed by atoms with Gasteiger partial charge in [-0.15, -0.1) is 5.10 Å². The van der Waals surface area contributed by atoms with Gasteiger partial charge in [0.1, 0.15) is 15.7 Å². The van der Waals surface area contributed by atoms with Crippen molar-refractivity contribution < 1.29 is 8.42 Å². The molecule has 1 aliphatic heterocycles. The van der Waals surface area contributed by atoms with Crippen LogP contribution in [-0.2, 0) is 9.84 Å². The molecule has 0 unspecified atom stereocenters. The quantitative estimate of drug-likeness (QED) is 0.669. The normalized spacial score (nSPS) is 22.3. The molecule has 2 rings (SSSR count). The highest BCUT2D eigenvalue weighted by atomic mass is 32.2. The third kappa shape index (κ3) is 1.87. The van der Waals surface area contributed by atoms with Crippen LogP contribution in [0.1, 0.15) is 24.6 Å². The molecule has 1 aromatic heterocycles. The second kappa shape index (κ2) is 3.23. The lowest BCUT2D eigenvalue weighted by molar-refractivity contribution is 0.538. The third-order valence-corrected chi connectivity index (χ3v) is 4.18. The highest BCUT2D eigenvalue weighted by molar-refractivity contribution is 7.91. The zero-order chi connectivity index (χ0) is 10.2. The van der Waals surface area contributed by atoms with Crippen LogP contribution in [0.15, 0.2) is 0 Å². The molecule has 2 heterocycles. The smallest absolute Gasteiger partial charge is 0.239 e. The Morgan fingerprint density at radius 3 is 2.50 bits per heavy atom. The first-order valence-corrected chi connectivity index (χ1v) is 6.27. The summed E-state index contributed by atoms with van der Waals surface area (Å²) in [5.74, 6) is 1.55. The van der Waals surface area contributed by atoms with Crippen LogP contribution in [0.3, 0.4) is 0 Å². The zero-order valence-electron chi connectivity index (χ0n) is 7.60. The predicted molar refractivity (Wildman–Crippen MR) is 51.4 cm³/mol. The van der Waals surface area contributed by atoms with Gasteiger partial charge >= 0.3 is 0 Å². The zero-order valence-corrected chi connectivity index (χ0v) is 8.42. The lowest BCUT2D eigenvalue weighted by Crippen LogP contribution is -2.22. The highest BCUT2D eigenvalue weighted by Gasteiger charge is 2.26. The summed E-state index contributed by atoms with van der Waals surface area (Å²) < 4.78 is 22.3. The predicted octanol–water partition coefficient (Wildman–Crippen LogP) is -0.321. The minimum absolute atomic E-state index is 0.156. The third-order valence-electron chi connectivity index (χ3n) is 2.46. The van der Waals surface area contributed by atoms with Gasteiger partial charge in [0.05, 0.1) is 11.5 Å². The van der Waals surface area contributed by atoms with E-state index in [1.807, 2.05) is 0 Å². The fourth-order valence-electron chi connectivity index (χ4n) is 1.63. The van der Waals surface area contributed by atoms with E-state index in [2.05, 4.69) is 15.2 Å². The maximum atomic E-state index is 11.2. The molecule has 3 N–H and O–H groups in total. The molecule has 0 spiro atoms. The van der Waals surface area contributed by atoms with Gasteiger partial charge in [-0.3, -0.25) is 5.10 Å². The van der Waals surface area contributed by atoms with Crippen LogP contribution in [0.4, 0.5) is 5.95 Å². The number of rotatable bonds is 1. The van der Waals surface area contributed by atoms with Gasteiger partial charge in [0.15, 0.2) is 0 Å². The number of nitrogens with one attached hydrogen (secondary N) is 1. The molecule has 14 heavy (non-hydrogen) atoms. The Balaban J connectivity index is 2.09. The van der Waals surface area contributed by atoms with Gasteiger partial charge in [-0.2, -0.15) is 4.98 Å². The molecule has 0 saturated carbocycles. The minimum Gasteiger partial charge on any atom is -0.367 e. The number of H-pyrrole nitrogens is 1. The lowest BCUT2D eigenvalue weighted by atomic mass is 10.0. The molecule has 0 atom stereocenters. The van der Waals surface area contributed by atoms with Crippen molar-refractivity contribution in [3.63, 3.8) is 0 Å². The molecule has 0 amide bonds. The average Bonchev–Trinajstić information content (AvgIpc) is 2.52. The molecule has 0 radical (unpaired) electrons. The first-order chi connectivity index (χ1) is 6.57. The van der Waals surface area contributed by atoms with Gasteiger partial charge in [0.25, 0.3) is 0 Å². The van der Waals surface area contributed by atoms with E-state index in [9.17, 15) is 8.42 Å². The Morgan fingerprint density at radius 2 is 2.00 bits per heavy atom. The fraction of sp³-hybridized carbons (Fsp3) is 0.714. The Labute approximate surface area is 81.8 Å². The molecular formula is C7H12N4O2S. The van der Waals surface area contributed by atoms with Crippen molar-refractivity contribution in [2.45, 2.75) is 18.8 Å². The van der Waals surface area contributed by atoms with Crippen LogP contribution in [0.25, 0.3) is 0 Å². The van der Waals surface area contributed by atoms with Crippen molar-refractivity contribution in [2.24, 2.45) is 0 Å². The molecule has 1 aliphatic rings. The van der Waals surface area contributed by atoms with E-state index in [0.717, 1.165) is 0 Å². The summed E-state index contributed by atoms with van der Waals surface area (Å²) in [6.07, 6.45) is 1.22. The van der Waals surface area contributed by atoms with Crippen LogP contribution in [0.5, 0.6) is 0 Å². The van der Waals surface area contributed by atoms with Gasteiger partial charge in [0.2, 0.25) is 5.95 Å². The topological polar surface area (TPSA) is 102 Å². The molecule has 0 bridgehead atoms. The molecule has 6 nitrogen and oxygen atoms in total. The van der Waals surface area contributed by atoms with Crippen molar-refractivity contribution in [1.29, 1.82) is 0 Å². The molecule has 78 valence electrons. The van der Waals surface area contributed by atoms with E-state index in [4.69, 9.17) is 5.73 Å². The van der Waals surface area contributed by atoms with Crippen molar-refractivity contribution in [1.82, 2.24) is 15.2 Å². The van der Waals surface area contributed by atoms with Crippen molar-refractivity contribution in [2.75, 3.05) is 17.2 Å². The summed E-state index contributed by atoms with van der Waals surface area (Å²) in [5.41, 5.74) is 5.37. The van der Waals surface area contributed by atoms with Crippen LogP contribution >= 0.6 is 0 Å². The average molecular weight is 216 g/mol. The summed E-state index contributed by atoms with van der Waals surface area (Å²) in [6, 6.07) is 0. The SMILES string of the molecule is Nc1n[nH]c(C2CCS(=O)(=O)CC2)n1. The van der Waals surface area contributed by atoms with E-state index >= 15 is 0 Å². The largest absolute Gasteiger partial charge is 0.367 e. The van der Waals surface area contributed by atoms with E-state index in [1.54, 1.807) is 0 Å². The maximum absolute atomic E-state index is 11.2. The number of sulfone groups is 1. The number of nitrogen functional groups attached to an aromatic ring is 1. The van der Waals surface area contributed by atoms with Crippen LogP contribution in [0, 0.1) is 0 Å². The molecule has 1 saturated heterocycles. The second-order valence-electron chi connectivity index (χ2n) is 3.50. The maximum Gasteiger partial charge on any atom is 0.239 e. The van der Waals surface area contributed by atoms with E-state index in [-0.39, 0.29) is 23.4 Å². The van der Waals surface area contributed by atoms with Crippen molar-refractivity contribution in [3.05, 3.63) is 5.82 Å². The van der Waals surface area contributed by atoms with Gasteiger partial charge in [-0.05, 0) is 12.8 Å². The molecule has 1 aromatic rings. The second-order valence-corrected chi connectivity index (χ2v) is 5.81. The lowest BCUT2D eigenvalue weighted by Gasteiger charge is -2.19. The Hall–Kier alpha value is -1.11. The first kappa shape index (κ1) is 9.45. The summed E-state index contributed by atoms with van der Waals surface area (Å²) in [6.45, 7) is 0. The van der Waals surface area contributed by atoms with E-state index < -0.39 is 9.84 Å². The highest BCUT2D eigenvalue weighted by Crippen LogP contribution is 2.26. The number of aromatic amines is 1. The van der Waals surface area contributed by atoms with Gasteiger partial charge in [-0.1, -0.05) is 0 Å². The van der Waals surface area contributed by atoms with Crippen LogP contribution < -0.4 is 5.73 Å². The van der Waals surface area contributed by atoms with E-state index in [0.29, 0.717) is 18.7 Å². The summed E-state index contributed by atoms with van der Waals surface area (Å²) in [7, 11) is -2.81. The van der Waals surface area contributed by atoms with Crippen molar-refractivity contribution >= 4 is 15.8 Å². The summed E-state index contributed by atoms with van der Waals surface area (Å²) in [5, 5.41) is 6.44. The number of nitrogens with two attached hydrogens (primary N) is 1. The number of aromatic nitrogens is 3. The number of anilines is 1. The van der Waals surface area contributed by atoms with Gasteiger partial charge in [0, 0.05) is 5.92 Å². The molecule has 0 aliphatic carbocycles. The standard InChI is InChI=1S/C7H12N4O2S/c8-7-9-6(10-11-7)5-1-3-14(12,13)4-2-5/h5H,1-4H2,(H3,8,9,10,11).